The molecule has 3 nitrogen and oxygen atoms in total. The van der Waals surface area contributed by atoms with E-state index in [1.807, 2.05) is 31.2 Å². The highest BCUT2D eigenvalue weighted by molar-refractivity contribution is 9.10. The summed E-state index contributed by atoms with van der Waals surface area (Å²) >= 11 is 9.74. The molecule has 0 fully saturated rings. The third-order valence-electron chi connectivity index (χ3n) is 3.34. The number of benzene rings is 2. The smallest absolute Gasteiger partial charge is 0.336 e. The quantitative estimate of drug-likeness (QED) is 0.595. The summed E-state index contributed by atoms with van der Waals surface area (Å²) in [7, 11) is 0. The molecule has 1 aromatic heterocycles. The van der Waals surface area contributed by atoms with Crippen LogP contribution < -0.4 is 10.4 Å². The van der Waals surface area contributed by atoms with Crippen LogP contribution >= 0.6 is 27.5 Å². The van der Waals surface area contributed by atoms with Crippen LogP contribution in [0.15, 0.2) is 56.1 Å². The van der Waals surface area contributed by atoms with Gasteiger partial charge < -0.3 is 9.15 Å². The molecule has 0 aliphatic heterocycles. The summed E-state index contributed by atoms with van der Waals surface area (Å²) in [4.78, 5) is 11.5. The molecule has 0 amide bonds. The van der Waals surface area contributed by atoms with Gasteiger partial charge in [-0.2, -0.15) is 0 Å². The fourth-order valence-electron chi connectivity index (χ4n) is 2.20. The second-order valence-corrected chi connectivity index (χ2v) is 6.17. The number of rotatable bonds is 3. The van der Waals surface area contributed by atoms with Gasteiger partial charge in [-0.05, 0) is 24.6 Å². The summed E-state index contributed by atoms with van der Waals surface area (Å²) in [5.74, 6) is 0.485. The molecule has 0 spiro atoms. The first kappa shape index (κ1) is 15.1. The zero-order valence-corrected chi connectivity index (χ0v) is 14.1. The molecular weight excluding hydrogens is 368 g/mol. The van der Waals surface area contributed by atoms with Crippen molar-refractivity contribution < 1.29 is 9.15 Å². The van der Waals surface area contributed by atoms with Crippen LogP contribution in [0.25, 0.3) is 11.0 Å². The molecular formula is C17H12BrClO3. The number of aryl methyl sites for hydroxylation is 1. The van der Waals surface area contributed by atoms with Gasteiger partial charge in [-0.3, -0.25) is 0 Å². The third-order valence-corrected chi connectivity index (χ3v) is 4.41. The maximum Gasteiger partial charge on any atom is 0.336 e. The lowest BCUT2D eigenvalue weighted by atomic mass is 10.1. The van der Waals surface area contributed by atoms with Crippen molar-refractivity contribution >= 4 is 38.5 Å². The minimum Gasteiger partial charge on any atom is -0.487 e. The van der Waals surface area contributed by atoms with E-state index in [0.29, 0.717) is 23.0 Å². The van der Waals surface area contributed by atoms with Crippen LogP contribution in [0.4, 0.5) is 0 Å². The SMILES string of the molecule is Cc1cc(=O)oc2cc(OCc3ccccc3Br)c(Cl)cc12. The molecule has 0 atom stereocenters. The lowest BCUT2D eigenvalue weighted by Crippen LogP contribution is -2.00. The van der Waals surface area contributed by atoms with Crippen LogP contribution in [0.1, 0.15) is 11.1 Å². The van der Waals surface area contributed by atoms with Gasteiger partial charge in [0.1, 0.15) is 17.9 Å². The highest BCUT2D eigenvalue weighted by Crippen LogP contribution is 2.32. The summed E-state index contributed by atoms with van der Waals surface area (Å²) in [5.41, 5.74) is 1.91. The Balaban J connectivity index is 1.96. The Morgan fingerprint density at radius 3 is 2.77 bits per heavy atom. The van der Waals surface area contributed by atoms with Gasteiger partial charge in [-0.1, -0.05) is 45.7 Å². The monoisotopic (exact) mass is 378 g/mol. The molecule has 22 heavy (non-hydrogen) atoms. The molecule has 3 aromatic rings. The van der Waals surface area contributed by atoms with E-state index in [4.69, 9.17) is 20.8 Å². The number of halogens is 2. The van der Waals surface area contributed by atoms with E-state index in [-0.39, 0.29) is 5.63 Å². The van der Waals surface area contributed by atoms with Crippen molar-refractivity contribution in [3.05, 3.63) is 73.5 Å². The van der Waals surface area contributed by atoms with Gasteiger partial charge >= 0.3 is 5.63 Å². The number of hydrogen-bond acceptors (Lipinski definition) is 3. The van der Waals surface area contributed by atoms with E-state index in [0.717, 1.165) is 21.0 Å². The lowest BCUT2D eigenvalue weighted by molar-refractivity contribution is 0.305. The van der Waals surface area contributed by atoms with Crippen molar-refractivity contribution in [3.63, 3.8) is 0 Å². The maximum atomic E-state index is 11.5. The standard InChI is InChI=1S/C17H12BrClO3/c1-10-6-17(20)22-15-8-16(14(19)7-12(10)15)21-9-11-4-2-3-5-13(11)18/h2-8H,9H2,1H3. The minimum absolute atomic E-state index is 0.364. The molecule has 3 rings (SSSR count). The molecule has 2 aromatic carbocycles. The topological polar surface area (TPSA) is 39.4 Å². The van der Waals surface area contributed by atoms with Crippen LogP contribution in [-0.4, -0.2) is 0 Å². The Bertz CT molecular complexity index is 902. The van der Waals surface area contributed by atoms with E-state index in [2.05, 4.69) is 15.9 Å². The molecule has 0 aliphatic rings. The predicted molar refractivity (Wildman–Crippen MR) is 90.7 cm³/mol. The van der Waals surface area contributed by atoms with Crippen molar-refractivity contribution in [1.29, 1.82) is 0 Å². The van der Waals surface area contributed by atoms with Crippen molar-refractivity contribution in [2.24, 2.45) is 0 Å². The van der Waals surface area contributed by atoms with E-state index in [9.17, 15) is 4.79 Å². The molecule has 112 valence electrons. The van der Waals surface area contributed by atoms with Gasteiger partial charge in [0.05, 0.1) is 5.02 Å². The van der Waals surface area contributed by atoms with Crippen molar-refractivity contribution in [1.82, 2.24) is 0 Å². The molecule has 0 aliphatic carbocycles. The van der Waals surface area contributed by atoms with Crippen molar-refractivity contribution in [2.75, 3.05) is 0 Å². The molecule has 0 radical (unpaired) electrons. The normalized spacial score (nSPS) is 10.9. The van der Waals surface area contributed by atoms with Crippen LogP contribution in [0.5, 0.6) is 5.75 Å². The molecule has 0 saturated heterocycles. The average Bonchev–Trinajstić information content (AvgIpc) is 2.47. The Kier molecular flexibility index (Phi) is 4.23. The highest BCUT2D eigenvalue weighted by atomic mass is 79.9. The van der Waals surface area contributed by atoms with Gasteiger partial charge in [-0.25, -0.2) is 4.79 Å². The molecule has 0 N–H and O–H groups in total. The Hall–Kier alpha value is -1.78. The number of hydrogen-bond donors (Lipinski definition) is 0. The van der Waals surface area contributed by atoms with E-state index >= 15 is 0 Å². The summed E-state index contributed by atoms with van der Waals surface area (Å²) in [6, 6.07) is 12.6. The largest absolute Gasteiger partial charge is 0.487 e. The van der Waals surface area contributed by atoms with Crippen LogP contribution in [0.3, 0.4) is 0 Å². The molecule has 0 unspecified atom stereocenters. The molecule has 1 heterocycles. The summed E-state index contributed by atoms with van der Waals surface area (Å²) in [6.07, 6.45) is 0. The first-order valence-electron chi connectivity index (χ1n) is 6.65. The lowest BCUT2D eigenvalue weighted by Gasteiger charge is -2.10. The van der Waals surface area contributed by atoms with Gasteiger partial charge in [0.15, 0.2) is 0 Å². The van der Waals surface area contributed by atoms with Crippen LogP contribution in [0, 0.1) is 6.92 Å². The first-order chi connectivity index (χ1) is 10.5. The number of ether oxygens (including phenoxy) is 1. The second-order valence-electron chi connectivity index (χ2n) is 4.91. The Morgan fingerprint density at radius 2 is 2.00 bits per heavy atom. The maximum absolute atomic E-state index is 11.5. The van der Waals surface area contributed by atoms with Gasteiger partial charge in [-0.15, -0.1) is 0 Å². The zero-order chi connectivity index (χ0) is 15.7. The van der Waals surface area contributed by atoms with E-state index in [1.54, 1.807) is 12.1 Å². The van der Waals surface area contributed by atoms with E-state index in [1.165, 1.54) is 6.07 Å². The Labute approximate surface area is 140 Å². The molecule has 0 bridgehead atoms. The van der Waals surface area contributed by atoms with Crippen molar-refractivity contribution in [2.45, 2.75) is 13.5 Å². The molecule has 5 heteroatoms. The predicted octanol–water partition coefficient (Wildman–Crippen LogP) is 5.10. The zero-order valence-electron chi connectivity index (χ0n) is 11.7. The fraction of sp³-hybridized carbons (Fsp3) is 0.118. The molecule has 0 saturated carbocycles. The summed E-state index contributed by atoms with van der Waals surface area (Å²) in [6.45, 7) is 2.21. The van der Waals surface area contributed by atoms with Crippen molar-refractivity contribution in [3.8, 4) is 5.75 Å². The van der Waals surface area contributed by atoms with Gasteiger partial charge in [0.2, 0.25) is 0 Å². The Morgan fingerprint density at radius 1 is 1.23 bits per heavy atom. The second kappa shape index (κ2) is 6.15. The van der Waals surface area contributed by atoms with Crippen LogP contribution in [-0.2, 0) is 6.61 Å². The fourth-order valence-corrected chi connectivity index (χ4v) is 2.82. The highest BCUT2D eigenvalue weighted by Gasteiger charge is 2.10. The number of fused-ring (bicyclic) bond motifs is 1. The summed E-state index contributed by atoms with van der Waals surface area (Å²) < 4.78 is 11.9. The van der Waals surface area contributed by atoms with E-state index < -0.39 is 0 Å². The third kappa shape index (κ3) is 3.03. The first-order valence-corrected chi connectivity index (χ1v) is 7.82. The average molecular weight is 380 g/mol. The van der Waals surface area contributed by atoms with Gasteiger partial charge in [0.25, 0.3) is 0 Å². The minimum atomic E-state index is -0.385. The van der Waals surface area contributed by atoms with Crippen LogP contribution in [0.2, 0.25) is 5.02 Å². The summed E-state index contributed by atoms with van der Waals surface area (Å²) in [5, 5.41) is 1.29. The van der Waals surface area contributed by atoms with Gasteiger partial charge in [0, 0.05) is 27.6 Å².